The summed E-state index contributed by atoms with van der Waals surface area (Å²) < 4.78 is 11.8. The van der Waals surface area contributed by atoms with Crippen LogP contribution in [0.4, 0.5) is 0 Å². The summed E-state index contributed by atoms with van der Waals surface area (Å²) in [6, 6.07) is 0. The Kier molecular flexibility index (Phi) is 1.62. The molecule has 1 spiro atoms. The Bertz CT molecular complexity index is 381. The molecule has 3 fully saturated rings. The van der Waals surface area contributed by atoms with Gasteiger partial charge in [-0.2, -0.15) is 0 Å². The van der Waals surface area contributed by atoms with E-state index in [0.29, 0.717) is 36.8 Å². The monoisotopic (exact) mass is 220 g/mol. The van der Waals surface area contributed by atoms with Crippen LogP contribution in [0, 0.1) is 29.6 Å². The van der Waals surface area contributed by atoms with Crippen LogP contribution in [0.1, 0.15) is 13.3 Å². The molecule has 0 aromatic heterocycles. The summed E-state index contributed by atoms with van der Waals surface area (Å²) >= 11 is 0. The van der Waals surface area contributed by atoms with Gasteiger partial charge in [0.25, 0.3) is 0 Å². The number of ether oxygens (including phenoxy) is 2. The summed E-state index contributed by atoms with van der Waals surface area (Å²) in [4.78, 5) is 12.1. The zero-order valence-electron chi connectivity index (χ0n) is 9.39. The highest BCUT2D eigenvalue weighted by Crippen LogP contribution is 2.63. The number of fused-ring (bicyclic) bond motifs is 3. The zero-order valence-corrected chi connectivity index (χ0v) is 9.39. The Morgan fingerprint density at radius 1 is 1.25 bits per heavy atom. The molecule has 0 radical (unpaired) electrons. The van der Waals surface area contributed by atoms with E-state index >= 15 is 0 Å². The van der Waals surface area contributed by atoms with Gasteiger partial charge in [-0.3, -0.25) is 4.79 Å². The van der Waals surface area contributed by atoms with Gasteiger partial charge in [-0.25, -0.2) is 0 Å². The van der Waals surface area contributed by atoms with E-state index in [1.54, 1.807) is 0 Å². The minimum Gasteiger partial charge on any atom is -0.346 e. The second-order valence-electron chi connectivity index (χ2n) is 5.61. The second-order valence-corrected chi connectivity index (χ2v) is 5.61. The third-order valence-electron chi connectivity index (χ3n) is 4.96. The Hall–Kier alpha value is -0.670. The Morgan fingerprint density at radius 2 is 1.94 bits per heavy atom. The number of ketones is 1. The molecule has 2 bridgehead atoms. The molecule has 3 aliphatic carbocycles. The molecule has 0 aromatic rings. The molecule has 4 aliphatic rings. The number of carbonyl (C=O) groups is 1. The lowest BCUT2D eigenvalue weighted by molar-refractivity contribution is -0.190. The first-order valence-electron chi connectivity index (χ1n) is 6.23. The zero-order chi connectivity index (χ0) is 10.9. The van der Waals surface area contributed by atoms with Gasteiger partial charge in [0.2, 0.25) is 0 Å². The molecule has 0 aromatic carbocycles. The van der Waals surface area contributed by atoms with E-state index in [-0.39, 0.29) is 11.8 Å². The predicted molar refractivity (Wildman–Crippen MR) is 56.5 cm³/mol. The van der Waals surface area contributed by atoms with Crippen molar-refractivity contribution in [3.8, 4) is 0 Å². The van der Waals surface area contributed by atoms with Gasteiger partial charge in [0.15, 0.2) is 5.79 Å². The lowest BCUT2D eigenvalue weighted by Crippen LogP contribution is -2.39. The van der Waals surface area contributed by atoms with Gasteiger partial charge in [-0.05, 0) is 11.8 Å². The molecule has 2 saturated carbocycles. The summed E-state index contributed by atoms with van der Waals surface area (Å²) in [6.45, 7) is 3.55. The van der Waals surface area contributed by atoms with Crippen LogP contribution in [0.15, 0.2) is 12.2 Å². The van der Waals surface area contributed by atoms with Crippen LogP contribution in [0.5, 0.6) is 0 Å². The molecule has 1 saturated heterocycles. The van der Waals surface area contributed by atoms with Gasteiger partial charge in [0.05, 0.1) is 13.2 Å². The average molecular weight is 220 g/mol. The van der Waals surface area contributed by atoms with E-state index in [0.717, 1.165) is 6.42 Å². The average Bonchev–Trinajstić information content (AvgIpc) is 2.98. The van der Waals surface area contributed by atoms with E-state index in [1.807, 2.05) is 0 Å². The molecular weight excluding hydrogens is 204 g/mol. The van der Waals surface area contributed by atoms with E-state index in [9.17, 15) is 4.79 Å². The van der Waals surface area contributed by atoms with Crippen LogP contribution in [0.25, 0.3) is 0 Å². The van der Waals surface area contributed by atoms with Crippen LogP contribution in [0.3, 0.4) is 0 Å². The topological polar surface area (TPSA) is 35.5 Å². The Balaban J connectivity index is 1.81. The number of hydrogen-bond donors (Lipinski definition) is 0. The molecule has 3 nitrogen and oxygen atoms in total. The maximum atomic E-state index is 12.1. The molecule has 4 rings (SSSR count). The third-order valence-corrected chi connectivity index (χ3v) is 4.96. The van der Waals surface area contributed by atoms with Crippen molar-refractivity contribution < 1.29 is 14.3 Å². The summed E-state index contributed by atoms with van der Waals surface area (Å²) in [5.74, 6) is 1.58. The van der Waals surface area contributed by atoms with Gasteiger partial charge in [0, 0.05) is 24.2 Å². The normalized spacial score (nSPS) is 51.8. The summed E-state index contributed by atoms with van der Waals surface area (Å²) in [5.41, 5.74) is 0. The summed E-state index contributed by atoms with van der Waals surface area (Å²) in [7, 11) is 0. The SMILES string of the molecule is C[C@@H]1CC(=O)[C@@H]2[C@@H]1[C@@H]1C=C[C@@H]2C12OCCO2. The van der Waals surface area contributed by atoms with E-state index < -0.39 is 5.79 Å². The molecule has 3 heteroatoms. The van der Waals surface area contributed by atoms with Crippen molar-refractivity contribution in [3.63, 3.8) is 0 Å². The first kappa shape index (κ1) is 9.37. The van der Waals surface area contributed by atoms with Crippen LogP contribution in [0.2, 0.25) is 0 Å². The van der Waals surface area contributed by atoms with Crippen molar-refractivity contribution in [1.82, 2.24) is 0 Å². The van der Waals surface area contributed by atoms with Crippen LogP contribution < -0.4 is 0 Å². The minimum absolute atomic E-state index is 0.170. The maximum Gasteiger partial charge on any atom is 0.181 e. The van der Waals surface area contributed by atoms with Gasteiger partial charge in [-0.15, -0.1) is 0 Å². The number of carbonyl (C=O) groups excluding carboxylic acids is 1. The fraction of sp³-hybridized carbons (Fsp3) is 0.769. The van der Waals surface area contributed by atoms with Crippen molar-refractivity contribution in [2.75, 3.05) is 13.2 Å². The second kappa shape index (κ2) is 2.77. The van der Waals surface area contributed by atoms with Crippen molar-refractivity contribution in [2.24, 2.45) is 29.6 Å². The highest BCUT2D eigenvalue weighted by atomic mass is 16.7. The molecule has 1 heterocycles. The lowest BCUT2D eigenvalue weighted by atomic mass is 9.82. The first-order valence-corrected chi connectivity index (χ1v) is 6.23. The largest absolute Gasteiger partial charge is 0.346 e. The summed E-state index contributed by atoms with van der Waals surface area (Å²) in [6.07, 6.45) is 5.14. The van der Waals surface area contributed by atoms with Crippen molar-refractivity contribution >= 4 is 5.78 Å². The molecule has 0 amide bonds. The highest BCUT2D eigenvalue weighted by molar-refractivity contribution is 5.85. The molecule has 1 aliphatic heterocycles. The smallest absolute Gasteiger partial charge is 0.181 e. The molecule has 16 heavy (non-hydrogen) atoms. The first-order chi connectivity index (χ1) is 7.74. The number of rotatable bonds is 0. The fourth-order valence-electron chi connectivity index (χ4n) is 4.50. The predicted octanol–water partition coefficient (Wildman–Crippen LogP) is 1.39. The van der Waals surface area contributed by atoms with Gasteiger partial charge < -0.3 is 9.47 Å². The van der Waals surface area contributed by atoms with Crippen molar-refractivity contribution in [2.45, 2.75) is 19.1 Å². The maximum absolute atomic E-state index is 12.1. The number of hydrogen-bond acceptors (Lipinski definition) is 3. The van der Waals surface area contributed by atoms with Crippen molar-refractivity contribution in [1.29, 1.82) is 0 Å². The molecule has 86 valence electrons. The van der Waals surface area contributed by atoms with Gasteiger partial charge in [0.1, 0.15) is 5.78 Å². The minimum atomic E-state index is -0.459. The molecule has 0 N–H and O–H groups in total. The van der Waals surface area contributed by atoms with E-state index in [2.05, 4.69) is 19.1 Å². The quantitative estimate of drug-likeness (QED) is 0.579. The van der Waals surface area contributed by atoms with Crippen molar-refractivity contribution in [3.05, 3.63) is 12.2 Å². The van der Waals surface area contributed by atoms with Crippen LogP contribution >= 0.6 is 0 Å². The van der Waals surface area contributed by atoms with Crippen LogP contribution in [-0.2, 0) is 14.3 Å². The Morgan fingerprint density at radius 3 is 2.62 bits per heavy atom. The molecule has 0 unspecified atom stereocenters. The van der Waals surface area contributed by atoms with Gasteiger partial charge in [-0.1, -0.05) is 19.1 Å². The molecular formula is C13H16O3. The standard InChI is InChI=1S/C13H16O3/c1-7-6-10(14)12-9-3-2-8(11(7)12)13(9)15-4-5-16-13/h2-3,7-9,11-12H,4-6H2,1H3/t7-,8+,9+,11+,12-/m1/s1. The molecule has 5 atom stereocenters. The van der Waals surface area contributed by atoms with Crippen LogP contribution in [-0.4, -0.2) is 24.8 Å². The summed E-state index contributed by atoms with van der Waals surface area (Å²) in [5, 5.41) is 0. The third kappa shape index (κ3) is 0.833. The highest BCUT2D eigenvalue weighted by Gasteiger charge is 2.69. The van der Waals surface area contributed by atoms with E-state index in [1.165, 1.54) is 0 Å². The number of Topliss-reactive ketones (excluding diaryl/α,β-unsaturated/α-hetero) is 1. The fourth-order valence-corrected chi connectivity index (χ4v) is 4.50. The lowest BCUT2D eigenvalue weighted by Gasteiger charge is -2.30. The Labute approximate surface area is 94.8 Å². The van der Waals surface area contributed by atoms with Gasteiger partial charge >= 0.3 is 0 Å². The van der Waals surface area contributed by atoms with E-state index in [4.69, 9.17) is 9.47 Å².